The largest absolute Gasteiger partial charge is 0.366 e. The number of nitrogens with zero attached hydrogens (tertiary/aromatic N) is 2. The highest BCUT2D eigenvalue weighted by Gasteiger charge is 2.12. The third kappa shape index (κ3) is 4.16. The summed E-state index contributed by atoms with van der Waals surface area (Å²) in [5.41, 5.74) is 7.08. The standard InChI is InChI=1S/C15H17N5O3/c1-9-7-12(19-20(9)2)15(23)17-8-13(21)18-11-5-3-10(4-6-11)14(16)22/h3-7H,8H2,1-2H3,(H2,16,22)(H,17,23)(H,18,21). The number of carbonyl (C=O) groups excluding carboxylic acids is 3. The van der Waals surface area contributed by atoms with E-state index in [-0.39, 0.29) is 12.2 Å². The van der Waals surface area contributed by atoms with Crippen molar-refractivity contribution in [2.75, 3.05) is 11.9 Å². The van der Waals surface area contributed by atoms with Gasteiger partial charge in [0.25, 0.3) is 5.91 Å². The van der Waals surface area contributed by atoms with Gasteiger partial charge < -0.3 is 16.4 Å². The lowest BCUT2D eigenvalue weighted by Crippen LogP contribution is -2.33. The highest BCUT2D eigenvalue weighted by Crippen LogP contribution is 2.08. The van der Waals surface area contributed by atoms with Crippen molar-refractivity contribution in [2.45, 2.75) is 6.92 Å². The Balaban J connectivity index is 1.87. The lowest BCUT2D eigenvalue weighted by Gasteiger charge is -2.06. The van der Waals surface area contributed by atoms with Crippen LogP contribution in [0.25, 0.3) is 0 Å². The molecule has 3 amide bonds. The number of primary amides is 1. The maximum absolute atomic E-state index is 11.9. The molecular weight excluding hydrogens is 298 g/mol. The second-order valence-electron chi connectivity index (χ2n) is 4.97. The van der Waals surface area contributed by atoms with Crippen LogP contribution in [-0.4, -0.2) is 34.0 Å². The summed E-state index contributed by atoms with van der Waals surface area (Å²) in [5.74, 6) is -1.36. The molecule has 1 heterocycles. The summed E-state index contributed by atoms with van der Waals surface area (Å²) in [7, 11) is 1.73. The lowest BCUT2D eigenvalue weighted by molar-refractivity contribution is -0.115. The Bertz CT molecular complexity index is 729. The smallest absolute Gasteiger partial charge is 0.272 e. The predicted molar refractivity (Wildman–Crippen MR) is 83.9 cm³/mol. The number of anilines is 1. The van der Waals surface area contributed by atoms with E-state index in [0.29, 0.717) is 11.3 Å². The van der Waals surface area contributed by atoms with Crippen molar-refractivity contribution in [3.8, 4) is 0 Å². The molecule has 2 aromatic rings. The van der Waals surface area contributed by atoms with Gasteiger partial charge in [0.1, 0.15) is 5.69 Å². The molecule has 2 rings (SSSR count). The van der Waals surface area contributed by atoms with E-state index in [0.717, 1.165) is 5.69 Å². The van der Waals surface area contributed by atoms with Crippen LogP contribution in [0.2, 0.25) is 0 Å². The van der Waals surface area contributed by atoms with Crippen LogP contribution in [0.1, 0.15) is 26.5 Å². The van der Waals surface area contributed by atoms with E-state index in [2.05, 4.69) is 15.7 Å². The van der Waals surface area contributed by atoms with Gasteiger partial charge in [-0.05, 0) is 37.3 Å². The summed E-state index contributed by atoms with van der Waals surface area (Å²) in [5, 5.41) is 9.12. The van der Waals surface area contributed by atoms with Crippen LogP contribution in [0.15, 0.2) is 30.3 Å². The molecule has 0 bridgehead atoms. The number of nitrogens with two attached hydrogens (primary N) is 1. The molecule has 0 aliphatic rings. The Kier molecular flexibility index (Phi) is 4.75. The van der Waals surface area contributed by atoms with Gasteiger partial charge in [0.05, 0.1) is 6.54 Å². The third-order valence-corrected chi connectivity index (χ3v) is 3.21. The number of aryl methyl sites for hydroxylation is 2. The quantitative estimate of drug-likeness (QED) is 0.730. The fraction of sp³-hybridized carbons (Fsp3) is 0.200. The first-order valence-electron chi connectivity index (χ1n) is 6.85. The number of hydrogen-bond acceptors (Lipinski definition) is 4. The molecule has 0 spiro atoms. The van der Waals surface area contributed by atoms with Crippen LogP contribution in [0.3, 0.4) is 0 Å². The molecule has 8 heteroatoms. The van der Waals surface area contributed by atoms with Crippen LogP contribution in [0, 0.1) is 6.92 Å². The molecule has 0 saturated heterocycles. The highest BCUT2D eigenvalue weighted by molar-refractivity contribution is 5.99. The molecular formula is C15H17N5O3. The first kappa shape index (κ1) is 16.2. The highest BCUT2D eigenvalue weighted by atomic mass is 16.2. The molecule has 0 fully saturated rings. The Morgan fingerprint density at radius 3 is 2.39 bits per heavy atom. The molecule has 0 aliphatic carbocycles. The SMILES string of the molecule is Cc1cc(C(=O)NCC(=O)Nc2ccc(C(N)=O)cc2)nn1C. The summed E-state index contributed by atoms with van der Waals surface area (Å²) in [6, 6.07) is 7.76. The molecule has 4 N–H and O–H groups in total. The number of rotatable bonds is 5. The van der Waals surface area contributed by atoms with E-state index in [9.17, 15) is 14.4 Å². The van der Waals surface area contributed by atoms with Crippen molar-refractivity contribution in [3.05, 3.63) is 47.3 Å². The maximum atomic E-state index is 11.9. The van der Waals surface area contributed by atoms with E-state index >= 15 is 0 Å². The van der Waals surface area contributed by atoms with Gasteiger partial charge in [-0.1, -0.05) is 0 Å². The van der Waals surface area contributed by atoms with E-state index < -0.39 is 17.7 Å². The average Bonchev–Trinajstić information content (AvgIpc) is 2.85. The van der Waals surface area contributed by atoms with Crippen molar-refractivity contribution in [3.63, 3.8) is 0 Å². The Morgan fingerprint density at radius 2 is 1.87 bits per heavy atom. The van der Waals surface area contributed by atoms with Crippen LogP contribution in [0.4, 0.5) is 5.69 Å². The van der Waals surface area contributed by atoms with Crippen molar-refractivity contribution < 1.29 is 14.4 Å². The molecule has 120 valence electrons. The molecule has 1 aromatic carbocycles. The second-order valence-corrected chi connectivity index (χ2v) is 4.97. The number of carbonyl (C=O) groups is 3. The minimum Gasteiger partial charge on any atom is -0.366 e. The van der Waals surface area contributed by atoms with Gasteiger partial charge in [0, 0.05) is 24.0 Å². The Labute approximate surface area is 132 Å². The molecule has 8 nitrogen and oxygen atoms in total. The Morgan fingerprint density at radius 1 is 1.22 bits per heavy atom. The Hall–Kier alpha value is -3.16. The van der Waals surface area contributed by atoms with E-state index in [1.54, 1.807) is 29.9 Å². The predicted octanol–water partition coefficient (Wildman–Crippen LogP) is 0.196. The van der Waals surface area contributed by atoms with E-state index in [4.69, 9.17) is 5.73 Å². The summed E-state index contributed by atoms with van der Waals surface area (Å²) in [6.45, 7) is 1.64. The van der Waals surface area contributed by atoms with E-state index in [1.165, 1.54) is 12.1 Å². The summed E-state index contributed by atoms with van der Waals surface area (Å²) in [6.07, 6.45) is 0. The lowest BCUT2D eigenvalue weighted by atomic mass is 10.2. The molecule has 1 aromatic heterocycles. The van der Waals surface area contributed by atoms with Crippen LogP contribution < -0.4 is 16.4 Å². The molecule has 0 saturated carbocycles. The number of benzene rings is 1. The van der Waals surface area contributed by atoms with Crippen molar-refractivity contribution >= 4 is 23.4 Å². The number of nitrogens with one attached hydrogen (secondary N) is 2. The fourth-order valence-corrected chi connectivity index (χ4v) is 1.85. The summed E-state index contributed by atoms with van der Waals surface area (Å²) >= 11 is 0. The minimum atomic E-state index is -0.541. The zero-order valence-electron chi connectivity index (χ0n) is 12.8. The van der Waals surface area contributed by atoms with Crippen molar-refractivity contribution in [2.24, 2.45) is 12.8 Å². The monoisotopic (exact) mass is 315 g/mol. The topological polar surface area (TPSA) is 119 Å². The fourth-order valence-electron chi connectivity index (χ4n) is 1.85. The average molecular weight is 315 g/mol. The first-order chi connectivity index (χ1) is 10.9. The van der Waals surface area contributed by atoms with Gasteiger partial charge in [0.2, 0.25) is 11.8 Å². The van der Waals surface area contributed by atoms with Gasteiger partial charge in [0.15, 0.2) is 0 Å². The van der Waals surface area contributed by atoms with Gasteiger partial charge in [-0.2, -0.15) is 5.10 Å². The first-order valence-corrected chi connectivity index (χ1v) is 6.85. The maximum Gasteiger partial charge on any atom is 0.272 e. The van der Waals surface area contributed by atoms with Gasteiger partial charge in [-0.3, -0.25) is 19.1 Å². The molecule has 0 atom stereocenters. The molecule has 0 radical (unpaired) electrons. The molecule has 0 aliphatic heterocycles. The zero-order chi connectivity index (χ0) is 17.0. The number of amides is 3. The second kappa shape index (κ2) is 6.73. The van der Waals surface area contributed by atoms with Crippen molar-refractivity contribution in [1.29, 1.82) is 0 Å². The van der Waals surface area contributed by atoms with Crippen LogP contribution >= 0.6 is 0 Å². The third-order valence-electron chi connectivity index (χ3n) is 3.21. The zero-order valence-corrected chi connectivity index (χ0v) is 12.8. The molecule has 23 heavy (non-hydrogen) atoms. The van der Waals surface area contributed by atoms with E-state index in [1.807, 2.05) is 6.92 Å². The van der Waals surface area contributed by atoms with Crippen molar-refractivity contribution in [1.82, 2.24) is 15.1 Å². The van der Waals surface area contributed by atoms with Gasteiger partial charge in [-0.25, -0.2) is 0 Å². The molecule has 0 unspecified atom stereocenters. The summed E-state index contributed by atoms with van der Waals surface area (Å²) < 4.78 is 1.58. The summed E-state index contributed by atoms with van der Waals surface area (Å²) in [4.78, 5) is 34.6. The number of hydrogen-bond donors (Lipinski definition) is 3. The minimum absolute atomic E-state index is 0.188. The normalized spacial score (nSPS) is 10.2. The van der Waals surface area contributed by atoms with Crippen LogP contribution in [0.5, 0.6) is 0 Å². The van der Waals surface area contributed by atoms with Gasteiger partial charge in [-0.15, -0.1) is 0 Å². The van der Waals surface area contributed by atoms with Crippen LogP contribution in [-0.2, 0) is 11.8 Å². The number of aromatic nitrogens is 2. The van der Waals surface area contributed by atoms with Gasteiger partial charge >= 0.3 is 0 Å².